The van der Waals surface area contributed by atoms with Gasteiger partial charge < -0.3 is 5.73 Å². The standard InChI is InChI=1S/C9H17N3/c1-3-6-12-9(4-5-11-12)8(2)7-10/h4-5,8H,3,6-7,10H2,1-2H3. The molecule has 0 aliphatic heterocycles. The summed E-state index contributed by atoms with van der Waals surface area (Å²) in [6.07, 6.45) is 2.96. The summed E-state index contributed by atoms with van der Waals surface area (Å²) in [4.78, 5) is 0. The molecule has 3 nitrogen and oxygen atoms in total. The molecule has 68 valence electrons. The lowest BCUT2D eigenvalue weighted by atomic mass is 10.1. The Bertz CT molecular complexity index is 229. The lowest BCUT2D eigenvalue weighted by Crippen LogP contribution is -2.14. The highest BCUT2D eigenvalue weighted by Crippen LogP contribution is 2.12. The molecule has 1 unspecified atom stereocenters. The first-order valence-electron chi connectivity index (χ1n) is 4.51. The van der Waals surface area contributed by atoms with Crippen molar-refractivity contribution in [1.82, 2.24) is 9.78 Å². The van der Waals surface area contributed by atoms with Gasteiger partial charge in [0, 0.05) is 30.9 Å². The van der Waals surface area contributed by atoms with E-state index in [1.165, 1.54) is 5.69 Å². The molecule has 0 aliphatic carbocycles. The second-order valence-electron chi connectivity index (χ2n) is 3.12. The zero-order chi connectivity index (χ0) is 8.97. The van der Waals surface area contributed by atoms with Crippen molar-refractivity contribution in [3.8, 4) is 0 Å². The molecule has 2 N–H and O–H groups in total. The van der Waals surface area contributed by atoms with Crippen LogP contribution in [0.25, 0.3) is 0 Å². The zero-order valence-corrected chi connectivity index (χ0v) is 7.83. The third-order valence-electron chi connectivity index (χ3n) is 2.04. The van der Waals surface area contributed by atoms with Gasteiger partial charge in [-0.3, -0.25) is 4.68 Å². The van der Waals surface area contributed by atoms with Crippen molar-refractivity contribution in [3.63, 3.8) is 0 Å². The van der Waals surface area contributed by atoms with Crippen molar-refractivity contribution in [3.05, 3.63) is 18.0 Å². The number of aryl methyl sites for hydroxylation is 1. The predicted molar refractivity (Wildman–Crippen MR) is 50.0 cm³/mol. The molecule has 0 spiro atoms. The second kappa shape index (κ2) is 4.26. The molecule has 12 heavy (non-hydrogen) atoms. The first-order valence-corrected chi connectivity index (χ1v) is 4.51. The molecule has 0 saturated heterocycles. The summed E-state index contributed by atoms with van der Waals surface area (Å²) >= 11 is 0. The van der Waals surface area contributed by atoms with Gasteiger partial charge in [0.15, 0.2) is 0 Å². The topological polar surface area (TPSA) is 43.8 Å². The highest BCUT2D eigenvalue weighted by Gasteiger charge is 2.07. The molecule has 3 heteroatoms. The molecule has 1 heterocycles. The summed E-state index contributed by atoms with van der Waals surface area (Å²) in [6.45, 7) is 5.96. The quantitative estimate of drug-likeness (QED) is 0.735. The molecule has 1 aromatic rings. The zero-order valence-electron chi connectivity index (χ0n) is 7.83. The number of hydrogen-bond donors (Lipinski definition) is 1. The third-order valence-corrected chi connectivity index (χ3v) is 2.04. The smallest absolute Gasteiger partial charge is 0.0492 e. The van der Waals surface area contributed by atoms with Crippen LogP contribution in [0.15, 0.2) is 12.3 Å². The fourth-order valence-electron chi connectivity index (χ4n) is 1.28. The van der Waals surface area contributed by atoms with Crippen molar-refractivity contribution < 1.29 is 0 Å². The van der Waals surface area contributed by atoms with Gasteiger partial charge in [0.25, 0.3) is 0 Å². The van der Waals surface area contributed by atoms with Crippen molar-refractivity contribution in [2.24, 2.45) is 5.73 Å². The lowest BCUT2D eigenvalue weighted by molar-refractivity contribution is 0.549. The molecule has 1 atom stereocenters. The summed E-state index contributed by atoms with van der Waals surface area (Å²) in [5.74, 6) is 0.416. The van der Waals surface area contributed by atoms with E-state index in [0.29, 0.717) is 12.5 Å². The van der Waals surface area contributed by atoms with E-state index in [1.54, 1.807) is 0 Å². The molecule has 0 bridgehead atoms. The summed E-state index contributed by atoms with van der Waals surface area (Å²) in [5, 5.41) is 4.24. The van der Waals surface area contributed by atoms with Crippen LogP contribution in [0.5, 0.6) is 0 Å². The van der Waals surface area contributed by atoms with Gasteiger partial charge in [0.2, 0.25) is 0 Å². The average molecular weight is 167 g/mol. The van der Waals surface area contributed by atoms with Crippen LogP contribution >= 0.6 is 0 Å². The SMILES string of the molecule is CCCn1nccc1C(C)CN. The maximum Gasteiger partial charge on any atom is 0.0492 e. The molecule has 0 aromatic carbocycles. The number of rotatable bonds is 4. The molecular formula is C9H17N3. The molecule has 0 amide bonds. The highest BCUT2D eigenvalue weighted by molar-refractivity contribution is 5.06. The van der Waals surface area contributed by atoms with Gasteiger partial charge in [-0.1, -0.05) is 13.8 Å². The van der Waals surface area contributed by atoms with Crippen LogP contribution in [-0.2, 0) is 6.54 Å². The number of nitrogens with two attached hydrogens (primary N) is 1. The molecular weight excluding hydrogens is 150 g/mol. The fraction of sp³-hybridized carbons (Fsp3) is 0.667. The van der Waals surface area contributed by atoms with Gasteiger partial charge in [-0.2, -0.15) is 5.10 Å². The van der Waals surface area contributed by atoms with E-state index in [4.69, 9.17) is 5.73 Å². The van der Waals surface area contributed by atoms with Crippen molar-refractivity contribution >= 4 is 0 Å². The van der Waals surface area contributed by atoms with Crippen LogP contribution in [0.3, 0.4) is 0 Å². The van der Waals surface area contributed by atoms with Crippen LogP contribution in [0, 0.1) is 0 Å². The largest absolute Gasteiger partial charge is 0.330 e. The van der Waals surface area contributed by atoms with Crippen LogP contribution < -0.4 is 5.73 Å². The predicted octanol–water partition coefficient (Wildman–Crippen LogP) is 1.36. The first kappa shape index (κ1) is 9.26. The average Bonchev–Trinajstić information content (AvgIpc) is 2.52. The van der Waals surface area contributed by atoms with Crippen LogP contribution in [-0.4, -0.2) is 16.3 Å². The molecule has 0 saturated carbocycles. The van der Waals surface area contributed by atoms with E-state index in [9.17, 15) is 0 Å². The van der Waals surface area contributed by atoms with E-state index in [0.717, 1.165) is 13.0 Å². The monoisotopic (exact) mass is 167 g/mol. The fourth-order valence-corrected chi connectivity index (χ4v) is 1.28. The van der Waals surface area contributed by atoms with E-state index in [-0.39, 0.29) is 0 Å². The van der Waals surface area contributed by atoms with Gasteiger partial charge in [-0.15, -0.1) is 0 Å². The molecule has 1 aromatic heterocycles. The molecule has 1 rings (SSSR count). The van der Waals surface area contributed by atoms with Crippen molar-refractivity contribution in [1.29, 1.82) is 0 Å². The van der Waals surface area contributed by atoms with Crippen LogP contribution in [0.1, 0.15) is 31.9 Å². The Morgan fingerprint density at radius 1 is 1.67 bits per heavy atom. The summed E-state index contributed by atoms with van der Waals surface area (Å²) in [6, 6.07) is 2.05. The lowest BCUT2D eigenvalue weighted by Gasteiger charge is -2.10. The Hall–Kier alpha value is -0.830. The number of hydrogen-bond acceptors (Lipinski definition) is 2. The minimum absolute atomic E-state index is 0.416. The maximum atomic E-state index is 5.59. The van der Waals surface area contributed by atoms with Gasteiger partial charge in [0.1, 0.15) is 0 Å². The van der Waals surface area contributed by atoms with Crippen molar-refractivity contribution in [2.75, 3.05) is 6.54 Å². The normalized spacial score (nSPS) is 13.2. The summed E-state index contributed by atoms with van der Waals surface area (Å²) in [7, 11) is 0. The van der Waals surface area contributed by atoms with Crippen LogP contribution in [0.4, 0.5) is 0 Å². The van der Waals surface area contributed by atoms with E-state index >= 15 is 0 Å². The Kier molecular flexibility index (Phi) is 3.29. The van der Waals surface area contributed by atoms with E-state index < -0.39 is 0 Å². The summed E-state index contributed by atoms with van der Waals surface area (Å²) < 4.78 is 2.04. The van der Waals surface area contributed by atoms with Gasteiger partial charge >= 0.3 is 0 Å². The number of nitrogens with zero attached hydrogens (tertiary/aromatic N) is 2. The Morgan fingerprint density at radius 3 is 3.00 bits per heavy atom. The van der Waals surface area contributed by atoms with E-state index in [2.05, 4.69) is 18.9 Å². The second-order valence-corrected chi connectivity index (χ2v) is 3.12. The molecule has 0 fully saturated rings. The highest BCUT2D eigenvalue weighted by atomic mass is 15.3. The van der Waals surface area contributed by atoms with Crippen LogP contribution in [0.2, 0.25) is 0 Å². The Morgan fingerprint density at radius 2 is 2.42 bits per heavy atom. The molecule has 0 radical (unpaired) electrons. The summed E-state index contributed by atoms with van der Waals surface area (Å²) in [5.41, 5.74) is 6.84. The minimum atomic E-state index is 0.416. The Balaban J connectivity index is 2.76. The number of aromatic nitrogens is 2. The first-order chi connectivity index (χ1) is 5.79. The minimum Gasteiger partial charge on any atom is -0.330 e. The van der Waals surface area contributed by atoms with Gasteiger partial charge in [-0.25, -0.2) is 0 Å². The van der Waals surface area contributed by atoms with Gasteiger partial charge in [-0.05, 0) is 12.5 Å². The van der Waals surface area contributed by atoms with Crippen molar-refractivity contribution in [2.45, 2.75) is 32.7 Å². The third kappa shape index (κ3) is 1.85. The Labute approximate surface area is 73.6 Å². The molecule has 0 aliphatic rings. The van der Waals surface area contributed by atoms with E-state index in [1.807, 2.05) is 16.9 Å². The maximum absolute atomic E-state index is 5.59. The van der Waals surface area contributed by atoms with Gasteiger partial charge in [0.05, 0.1) is 0 Å².